The molecule has 3 aromatic rings. The quantitative estimate of drug-likeness (QED) is 0.387. The molecule has 3 aliphatic carbocycles. The van der Waals surface area contributed by atoms with Gasteiger partial charge in [0.1, 0.15) is 12.4 Å². The van der Waals surface area contributed by atoms with E-state index < -0.39 is 0 Å². The summed E-state index contributed by atoms with van der Waals surface area (Å²) in [4.78, 5) is 0. The number of benzene rings is 3. The van der Waals surface area contributed by atoms with Gasteiger partial charge < -0.3 is 14.6 Å². The van der Waals surface area contributed by atoms with Crippen LogP contribution in [0.15, 0.2) is 72.8 Å². The minimum atomic E-state index is 0.0192. The lowest BCUT2D eigenvalue weighted by Crippen LogP contribution is -2.44. The van der Waals surface area contributed by atoms with E-state index in [-0.39, 0.29) is 12.0 Å². The smallest absolute Gasteiger partial charge is 0.125 e. The molecule has 3 aromatic carbocycles. The second-order valence-corrected chi connectivity index (χ2v) is 11.4. The van der Waals surface area contributed by atoms with Crippen LogP contribution in [0.3, 0.4) is 0 Å². The van der Waals surface area contributed by atoms with E-state index in [2.05, 4.69) is 61.5 Å². The van der Waals surface area contributed by atoms with Gasteiger partial charge in [-0.15, -0.1) is 0 Å². The number of aliphatic hydroxyl groups is 1. The Morgan fingerprint density at radius 1 is 0.861 bits per heavy atom. The maximum atomic E-state index is 10.2. The molecule has 0 saturated heterocycles. The Balaban J connectivity index is 1.18. The van der Waals surface area contributed by atoms with Crippen LogP contribution < -0.4 is 4.74 Å². The maximum Gasteiger partial charge on any atom is 0.125 e. The molecule has 0 spiro atoms. The molecule has 2 fully saturated rings. The van der Waals surface area contributed by atoms with Crippen molar-refractivity contribution in [2.75, 3.05) is 0 Å². The number of ether oxygens (including phenoxy) is 2. The lowest BCUT2D eigenvalue weighted by Gasteiger charge is -2.50. The number of aryl methyl sites for hydroxylation is 1. The summed E-state index contributed by atoms with van der Waals surface area (Å²) in [5.41, 5.74) is 6.51. The van der Waals surface area contributed by atoms with Crippen LogP contribution in [0, 0.1) is 17.3 Å². The number of fused-ring (bicyclic) bond motifs is 5. The highest BCUT2D eigenvalue weighted by molar-refractivity contribution is 5.46. The van der Waals surface area contributed by atoms with Gasteiger partial charge in [0, 0.05) is 5.56 Å². The first kappa shape index (κ1) is 23.8. The summed E-state index contributed by atoms with van der Waals surface area (Å²) in [6.45, 7) is 3.77. The molecule has 3 nitrogen and oxygen atoms in total. The van der Waals surface area contributed by atoms with Gasteiger partial charge in [-0.1, -0.05) is 67.6 Å². The largest absolute Gasteiger partial charge is 0.489 e. The number of aliphatic hydroxyl groups excluding tert-OH is 1. The van der Waals surface area contributed by atoms with E-state index in [4.69, 9.17) is 9.47 Å². The van der Waals surface area contributed by atoms with Crippen LogP contribution in [0.1, 0.15) is 72.8 Å². The van der Waals surface area contributed by atoms with Crippen molar-refractivity contribution in [2.45, 2.75) is 77.3 Å². The minimum absolute atomic E-state index is 0.0192. The molecule has 3 heteroatoms. The highest BCUT2D eigenvalue weighted by Gasteiger charge is 2.55. The van der Waals surface area contributed by atoms with Gasteiger partial charge in [0.2, 0.25) is 0 Å². The molecule has 1 N–H and O–H groups in total. The Morgan fingerprint density at radius 3 is 2.31 bits per heavy atom. The first-order valence-corrected chi connectivity index (χ1v) is 13.7. The molecule has 3 aliphatic rings. The second kappa shape index (κ2) is 10.0. The van der Waals surface area contributed by atoms with Crippen LogP contribution in [0.4, 0.5) is 0 Å². The second-order valence-electron chi connectivity index (χ2n) is 11.4. The zero-order chi connectivity index (χ0) is 24.5. The first-order chi connectivity index (χ1) is 17.7. The van der Waals surface area contributed by atoms with Crippen LogP contribution in [-0.2, 0) is 31.0 Å². The molecule has 6 rings (SSSR count). The van der Waals surface area contributed by atoms with Crippen molar-refractivity contribution in [3.8, 4) is 5.75 Å². The molecule has 0 heterocycles. The summed E-state index contributed by atoms with van der Waals surface area (Å²) in [6, 6.07) is 25.4. The lowest BCUT2D eigenvalue weighted by atomic mass is 9.55. The summed E-state index contributed by atoms with van der Waals surface area (Å²) in [5, 5.41) is 10.2. The Hall–Kier alpha value is -2.62. The summed E-state index contributed by atoms with van der Waals surface area (Å²) < 4.78 is 12.8. The molecule has 0 radical (unpaired) electrons. The maximum absolute atomic E-state index is 10.2. The Bertz CT molecular complexity index is 1170. The number of rotatable bonds is 7. The van der Waals surface area contributed by atoms with Gasteiger partial charge in [-0.3, -0.25) is 0 Å². The minimum Gasteiger partial charge on any atom is -0.489 e. The fraction of sp³-hybridized carbons (Fsp3) is 0.455. The van der Waals surface area contributed by atoms with E-state index >= 15 is 0 Å². The van der Waals surface area contributed by atoms with E-state index in [0.717, 1.165) is 35.8 Å². The molecular formula is C33H38O3. The SMILES string of the molecule is C[C@]12CCC3c4cc(CO)c(OCc5ccccc5)cc4CCC3C1CCC2OCc1ccccc1. The summed E-state index contributed by atoms with van der Waals surface area (Å²) in [5.74, 6) is 2.86. The van der Waals surface area contributed by atoms with E-state index in [1.807, 2.05) is 18.2 Å². The van der Waals surface area contributed by atoms with Gasteiger partial charge in [-0.05, 0) is 96.1 Å². The van der Waals surface area contributed by atoms with Gasteiger partial charge in [-0.25, -0.2) is 0 Å². The molecule has 188 valence electrons. The van der Waals surface area contributed by atoms with Crippen molar-refractivity contribution in [1.82, 2.24) is 0 Å². The molecule has 0 bridgehead atoms. The zero-order valence-corrected chi connectivity index (χ0v) is 21.4. The molecule has 0 aliphatic heterocycles. The van der Waals surface area contributed by atoms with Crippen molar-refractivity contribution < 1.29 is 14.6 Å². The van der Waals surface area contributed by atoms with E-state index in [9.17, 15) is 5.11 Å². The molecule has 2 saturated carbocycles. The molecule has 4 unspecified atom stereocenters. The fourth-order valence-corrected chi connectivity index (χ4v) is 7.64. The highest BCUT2D eigenvalue weighted by Crippen LogP contribution is 2.61. The third-order valence-corrected chi connectivity index (χ3v) is 9.52. The van der Waals surface area contributed by atoms with Gasteiger partial charge in [0.05, 0.1) is 19.3 Å². The molecule has 0 aromatic heterocycles. The predicted molar refractivity (Wildman–Crippen MR) is 143 cm³/mol. The van der Waals surface area contributed by atoms with E-state index in [1.54, 1.807) is 0 Å². The van der Waals surface area contributed by atoms with Crippen LogP contribution in [-0.4, -0.2) is 11.2 Å². The van der Waals surface area contributed by atoms with Gasteiger partial charge in [-0.2, -0.15) is 0 Å². The van der Waals surface area contributed by atoms with Gasteiger partial charge >= 0.3 is 0 Å². The van der Waals surface area contributed by atoms with Crippen LogP contribution >= 0.6 is 0 Å². The Kier molecular flexibility index (Phi) is 6.62. The van der Waals surface area contributed by atoms with Crippen molar-refractivity contribution in [3.05, 3.63) is 101 Å². The van der Waals surface area contributed by atoms with Crippen molar-refractivity contribution >= 4 is 0 Å². The van der Waals surface area contributed by atoms with Crippen LogP contribution in [0.2, 0.25) is 0 Å². The topological polar surface area (TPSA) is 38.7 Å². The molecule has 0 amide bonds. The van der Waals surface area contributed by atoms with Gasteiger partial charge in [0.15, 0.2) is 0 Å². The number of hydrogen-bond donors (Lipinski definition) is 1. The first-order valence-electron chi connectivity index (χ1n) is 13.7. The predicted octanol–water partition coefficient (Wildman–Crippen LogP) is 7.20. The molecule has 5 atom stereocenters. The Morgan fingerprint density at radius 2 is 1.58 bits per heavy atom. The third kappa shape index (κ3) is 4.37. The van der Waals surface area contributed by atoms with Gasteiger partial charge in [0.25, 0.3) is 0 Å². The van der Waals surface area contributed by atoms with Crippen LogP contribution in [0.5, 0.6) is 5.75 Å². The lowest BCUT2D eigenvalue weighted by molar-refractivity contribution is -0.0707. The van der Waals surface area contributed by atoms with Crippen LogP contribution in [0.25, 0.3) is 0 Å². The van der Waals surface area contributed by atoms with Crippen molar-refractivity contribution in [1.29, 1.82) is 0 Å². The monoisotopic (exact) mass is 482 g/mol. The molecular weight excluding hydrogens is 444 g/mol. The Labute approximate surface area is 215 Å². The normalized spacial score (nSPS) is 28.7. The number of hydrogen-bond acceptors (Lipinski definition) is 3. The summed E-state index contributed by atoms with van der Waals surface area (Å²) >= 11 is 0. The third-order valence-electron chi connectivity index (χ3n) is 9.52. The molecule has 36 heavy (non-hydrogen) atoms. The average molecular weight is 483 g/mol. The zero-order valence-electron chi connectivity index (χ0n) is 21.4. The highest BCUT2D eigenvalue weighted by atomic mass is 16.5. The summed E-state index contributed by atoms with van der Waals surface area (Å²) in [6.07, 6.45) is 7.59. The van der Waals surface area contributed by atoms with Crippen molar-refractivity contribution in [2.24, 2.45) is 17.3 Å². The van der Waals surface area contributed by atoms with E-state index in [0.29, 0.717) is 24.5 Å². The standard InChI is InChI=1S/C33H38O3/c1-33-17-16-27-28(30(33)14-15-32(33)36-22-24-10-6-3-7-11-24)13-12-25-19-31(26(20-34)18-29(25)27)35-21-23-8-4-2-5-9-23/h2-11,18-19,27-28,30,32,34H,12-17,20-22H2,1H3/t27?,28?,30?,32?,33-/m0/s1. The van der Waals surface area contributed by atoms with Crippen molar-refractivity contribution in [3.63, 3.8) is 0 Å². The average Bonchev–Trinajstić information content (AvgIpc) is 3.27. The van der Waals surface area contributed by atoms with E-state index in [1.165, 1.54) is 48.8 Å². The summed E-state index contributed by atoms with van der Waals surface area (Å²) in [7, 11) is 0. The fourth-order valence-electron chi connectivity index (χ4n) is 7.64.